The molecule has 3 aliphatic heterocycles. The molecule has 1 N–H and O–H groups in total. The van der Waals surface area contributed by atoms with Gasteiger partial charge in [0.1, 0.15) is 0 Å². The molecule has 2 unspecified atom stereocenters. The van der Waals surface area contributed by atoms with E-state index in [1.807, 2.05) is 4.90 Å². The highest BCUT2D eigenvalue weighted by Crippen LogP contribution is 2.31. The largest absolute Gasteiger partial charge is 0.347 e. The van der Waals surface area contributed by atoms with Gasteiger partial charge in [0.15, 0.2) is 0 Å². The normalized spacial score (nSPS) is 34.7. The number of hydrogen-bond acceptors (Lipinski definition) is 3. The summed E-state index contributed by atoms with van der Waals surface area (Å²) in [6.07, 6.45) is 3.98. The molecule has 0 aliphatic carbocycles. The lowest BCUT2D eigenvalue weighted by molar-refractivity contribution is -0.132. The van der Waals surface area contributed by atoms with Gasteiger partial charge in [0.2, 0.25) is 11.8 Å². The second-order valence-corrected chi connectivity index (χ2v) is 5.22. The van der Waals surface area contributed by atoms with Gasteiger partial charge in [-0.05, 0) is 25.8 Å². The van der Waals surface area contributed by atoms with Crippen LogP contribution in [0.15, 0.2) is 0 Å². The maximum atomic E-state index is 12.0. The Hall–Kier alpha value is -1.10. The zero-order valence-corrected chi connectivity index (χ0v) is 10.0. The van der Waals surface area contributed by atoms with Crippen LogP contribution in [0.2, 0.25) is 0 Å². The van der Waals surface area contributed by atoms with Crippen molar-refractivity contribution in [2.75, 3.05) is 26.2 Å². The van der Waals surface area contributed by atoms with Crippen LogP contribution in [-0.2, 0) is 9.59 Å². The van der Waals surface area contributed by atoms with Crippen LogP contribution < -0.4 is 5.32 Å². The van der Waals surface area contributed by atoms with E-state index in [4.69, 9.17) is 0 Å². The van der Waals surface area contributed by atoms with Crippen LogP contribution in [0.5, 0.6) is 0 Å². The Bertz CT molecular complexity index is 345. The van der Waals surface area contributed by atoms with Crippen molar-refractivity contribution < 1.29 is 9.59 Å². The van der Waals surface area contributed by atoms with E-state index in [-0.39, 0.29) is 18.4 Å². The van der Waals surface area contributed by atoms with E-state index >= 15 is 0 Å². The Morgan fingerprint density at radius 2 is 1.94 bits per heavy atom. The quantitative estimate of drug-likeness (QED) is 0.673. The molecule has 3 rings (SSSR count). The van der Waals surface area contributed by atoms with E-state index in [1.165, 1.54) is 19.4 Å². The second-order valence-electron chi connectivity index (χ2n) is 5.22. The third-order valence-corrected chi connectivity index (χ3v) is 4.31. The Labute approximate surface area is 101 Å². The number of hydrogen-bond donors (Lipinski definition) is 1. The molecule has 0 aromatic carbocycles. The summed E-state index contributed by atoms with van der Waals surface area (Å²) in [5.74, 6) is 0.0942. The molecule has 0 aromatic rings. The summed E-state index contributed by atoms with van der Waals surface area (Å²) < 4.78 is 0. The highest BCUT2D eigenvalue weighted by molar-refractivity contribution is 5.87. The van der Waals surface area contributed by atoms with Crippen molar-refractivity contribution in [3.8, 4) is 0 Å². The lowest BCUT2D eigenvalue weighted by Gasteiger charge is -2.31. The molecule has 3 fully saturated rings. The molecule has 3 heterocycles. The fourth-order valence-corrected chi connectivity index (χ4v) is 3.48. The average molecular weight is 237 g/mol. The van der Waals surface area contributed by atoms with E-state index in [2.05, 4.69) is 10.2 Å². The second kappa shape index (κ2) is 4.29. The van der Waals surface area contributed by atoms with Crippen LogP contribution in [0.1, 0.15) is 25.7 Å². The number of nitrogens with one attached hydrogen (secondary N) is 1. The molecule has 5 nitrogen and oxygen atoms in total. The molecule has 2 atom stereocenters. The third-order valence-electron chi connectivity index (χ3n) is 4.31. The molecule has 3 aliphatic rings. The summed E-state index contributed by atoms with van der Waals surface area (Å²) in [6, 6.07) is 0.893. The molecule has 0 radical (unpaired) electrons. The minimum absolute atomic E-state index is 0.00197. The highest BCUT2D eigenvalue weighted by Gasteiger charge is 2.42. The van der Waals surface area contributed by atoms with Crippen LogP contribution in [-0.4, -0.2) is 59.9 Å². The maximum Gasteiger partial charge on any atom is 0.242 e. The van der Waals surface area contributed by atoms with Crippen molar-refractivity contribution in [1.29, 1.82) is 0 Å². The summed E-state index contributed by atoms with van der Waals surface area (Å²) in [7, 11) is 0. The fourth-order valence-electron chi connectivity index (χ4n) is 3.48. The lowest BCUT2D eigenvalue weighted by atomic mass is 10.0. The van der Waals surface area contributed by atoms with Gasteiger partial charge in [0, 0.05) is 31.6 Å². The van der Waals surface area contributed by atoms with Crippen molar-refractivity contribution >= 4 is 11.8 Å². The molecule has 0 spiro atoms. The molecule has 94 valence electrons. The molecule has 2 amide bonds. The van der Waals surface area contributed by atoms with Gasteiger partial charge in [-0.3, -0.25) is 14.5 Å². The standard InChI is InChI=1S/C12H19N3O2/c16-11-4-7-15(12(17)8-13-11)10-3-6-14-5-1-2-9(10)14/h9-10H,1-8H2,(H,13,16). The Morgan fingerprint density at radius 1 is 1.06 bits per heavy atom. The number of nitrogens with zero attached hydrogens (tertiary/aromatic N) is 2. The van der Waals surface area contributed by atoms with Gasteiger partial charge in [-0.25, -0.2) is 0 Å². The molecule has 3 saturated heterocycles. The third kappa shape index (κ3) is 1.92. The van der Waals surface area contributed by atoms with Crippen molar-refractivity contribution in [2.45, 2.75) is 37.8 Å². The minimum atomic E-state index is 0.00197. The van der Waals surface area contributed by atoms with E-state index in [0.717, 1.165) is 13.0 Å². The van der Waals surface area contributed by atoms with E-state index in [1.54, 1.807) is 0 Å². The van der Waals surface area contributed by atoms with Crippen molar-refractivity contribution in [3.05, 3.63) is 0 Å². The van der Waals surface area contributed by atoms with Crippen LogP contribution in [0.3, 0.4) is 0 Å². The van der Waals surface area contributed by atoms with Gasteiger partial charge in [-0.2, -0.15) is 0 Å². The van der Waals surface area contributed by atoms with E-state index in [0.29, 0.717) is 25.0 Å². The lowest BCUT2D eigenvalue weighted by Crippen LogP contribution is -2.47. The SMILES string of the molecule is O=C1CCN(C2CCN3CCCC23)C(=O)CN1. The molecular formula is C12H19N3O2. The molecule has 17 heavy (non-hydrogen) atoms. The summed E-state index contributed by atoms with van der Waals surface area (Å²) in [6.45, 7) is 3.07. The van der Waals surface area contributed by atoms with Gasteiger partial charge in [-0.15, -0.1) is 0 Å². The Morgan fingerprint density at radius 3 is 2.82 bits per heavy atom. The molecular weight excluding hydrogens is 218 g/mol. The van der Waals surface area contributed by atoms with Crippen molar-refractivity contribution in [3.63, 3.8) is 0 Å². The Kier molecular flexibility index (Phi) is 2.78. The van der Waals surface area contributed by atoms with Gasteiger partial charge < -0.3 is 10.2 Å². The smallest absolute Gasteiger partial charge is 0.242 e. The molecule has 0 bridgehead atoms. The van der Waals surface area contributed by atoms with Gasteiger partial charge in [-0.1, -0.05) is 0 Å². The van der Waals surface area contributed by atoms with Crippen LogP contribution >= 0.6 is 0 Å². The first-order valence-corrected chi connectivity index (χ1v) is 6.56. The average Bonchev–Trinajstić information content (AvgIpc) is 2.86. The van der Waals surface area contributed by atoms with Crippen molar-refractivity contribution in [2.24, 2.45) is 0 Å². The molecule has 0 aromatic heterocycles. The molecule has 5 heteroatoms. The minimum Gasteiger partial charge on any atom is -0.347 e. The van der Waals surface area contributed by atoms with E-state index in [9.17, 15) is 9.59 Å². The number of rotatable bonds is 1. The summed E-state index contributed by atoms with van der Waals surface area (Å²) in [5, 5.41) is 2.66. The monoisotopic (exact) mass is 237 g/mol. The zero-order chi connectivity index (χ0) is 11.8. The fraction of sp³-hybridized carbons (Fsp3) is 0.833. The van der Waals surface area contributed by atoms with Gasteiger partial charge in [0.25, 0.3) is 0 Å². The number of carbonyl (C=O) groups excluding carboxylic acids is 2. The first-order valence-electron chi connectivity index (χ1n) is 6.56. The summed E-state index contributed by atoms with van der Waals surface area (Å²) >= 11 is 0. The van der Waals surface area contributed by atoms with E-state index < -0.39 is 0 Å². The zero-order valence-electron chi connectivity index (χ0n) is 10.0. The number of fused-ring (bicyclic) bond motifs is 1. The number of carbonyl (C=O) groups is 2. The van der Waals surface area contributed by atoms with Gasteiger partial charge in [0.05, 0.1) is 6.54 Å². The van der Waals surface area contributed by atoms with Crippen LogP contribution in [0, 0.1) is 0 Å². The molecule has 0 saturated carbocycles. The van der Waals surface area contributed by atoms with Crippen LogP contribution in [0.25, 0.3) is 0 Å². The van der Waals surface area contributed by atoms with Crippen LogP contribution in [0.4, 0.5) is 0 Å². The van der Waals surface area contributed by atoms with Gasteiger partial charge >= 0.3 is 0 Å². The van der Waals surface area contributed by atoms with Crippen molar-refractivity contribution in [1.82, 2.24) is 15.1 Å². The highest BCUT2D eigenvalue weighted by atomic mass is 16.2. The number of amides is 2. The maximum absolute atomic E-state index is 12.0. The predicted octanol–water partition coefficient (Wildman–Crippen LogP) is -0.428. The first kappa shape index (κ1) is 11.0. The topological polar surface area (TPSA) is 52.7 Å². The first-order chi connectivity index (χ1) is 8.25. The predicted molar refractivity (Wildman–Crippen MR) is 62.3 cm³/mol. The Balaban J connectivity index is 1.74. The summed E-state index contributed by atoms with van der Waals surface area (Å²) in [4.78, 5) is 27.8. The summed E-state index contributed by atoms with van der Waals surface area (Å²) in [5.41, 5.74) is 0.